The zero-order valence-corrected chi connectivity index (χ0v) is 7.05. The van der Waals surface area contributed by atoms with Crippen LogP contribution in [0.5, 0.6) is 0 Å². The second-order valence-corrected chi connectivity index (χ2v) is 2.51. The predicted octanol–water partition coefficient (Wildman–Crippen LogP) is 1.13. The minimum Gasteiger partial charge on any atom is -0.474 e. The van der Waals surface area contributed by atoms with E-state index in [1.165, 1.54) is 0 Å². The van der Waals surface area contributed by atoms with Crippen LogP contribution in [0.1, 0.15) is 0 Å². The van der Waals surface area contributed by atoms with E-state index in [9.17, 15) is 22.8 Å². The molecule has 1 rings (SSSR count). The van der Waals surface area contributed by atoms with Crippen LogP contribution in [-0.4, -0.2) is 17.0 Å². The van der Waals surface area contributed by atoms with Gasteiger partial charge in [0.1, 0.15) is 0 Å². The third-order valence-corrected chi connectivity index (χ3v) is 1.44. The molecule has 0 bridgehead atoms. The first-order valence-electron chi connectivity index (χ1n) is 3.60. The molecule has 2 N–H and O–H groups in total. The van der Waals surface area contributed by atoms with Crippen LogP contribution in [0.25, 0.3) is 0 Å². The zero-order valence-electron chi connectivity index (χ0n) is 7.05. The molecule has 0 aliphatic carbocycles. The summed E-state index contributed by atoms with van der Waals surface area (Å²) in [6.07, 6.45) is 0. The van der Waals surface area contributed by atoms with Gasteiger partial charge in [-0.05, 0) is 0 Å². The maximum atomic E-state index is 12.6. The minimum atomic E-state index is -1.82. The molecule has 80 valence electrons. The Bertz CT molecular complexity index is 410. The molecule has 0 radical (unpaired) electrons. The molecule has 0 fully saturated rings. The lowest BCUT2D eigenvalue weighted by molar-refractivity contribution is -0.147. The number of hydrogen-bond donors (Lipinski definition) is 2. The number of halogens is 3. The number of carboxylic acid groups (broad SMARTS) is 1. The van der Waals surface area contributed by atoms with Crippen LogP contribution in [0.15, 0.2) is 12.1 Å². The van der Waals surface area contributed by atoms with Crippen LogP contribution in [-0.2, 0) is 9.59 Å². The van der Waals surface area contributed by atoms with E-state index in [4.69, 9.17) is 5.11 Å². The summed E-state index contributed by atoms with van der Waals surface area (Å²) in [5.74, 6) is -8.02. The van der Waals surface area contributed by atoms with Gasteiger partial charge in [-0.25, -0.2) is 18.0 Å². The predicted molar refractivity (Wildman–Crippen MR) is 42.6 cm³/mol. The van der Waals surface area contributed by atoms with Crippen LogP contribution < -0.4 is 5.32 Å². The molecule has 0 heterocycles. The Morgan fingerprint density at radius 3 is 2.00 bits per heavy atom. The molecule has 0 atom stereocenters. The number of anilines is 1. The number of benzene rings is 1. The smallest absolute Gasteiger partial charge is 0.394 e. The van der Waals surface area contributed by atoms with E-state index in [1.807, 2.05) is 0 Å². The highest BCUT2D eigenvalue weighted by molar-refractivity contribution is 6.36. The highest BCUT2D eigenvalue weighted by Gasteiger charge is 2.15. The van der Waals surface area contributed by atoms with Gasteiger partial charge in [-0.2, -0.15) is 0 Å². The molecule has 0 aliphatic heterocycles. The third kappa shape index (κ3) is 2.46. The summed E-state index contributed by atoms with van der Waals surface area (Å²) >= 11 is 0. The average Bonchev–Trinajstić information content (AvgIpc) is 2.13. The number of aliphatic carboxylic acids is 1. The number of carbonyl (C=O) groups is 2. The van der Waals surface area contributed by atoms with Crippen LogP contribution in [0.4, 0.5) is 18.9 Å². The number of carbonyl (C=O) groups excluding carboxylic acids is 1. The fourth-order valence-corrected chi connectivity index (χ4v) is 0.812. The number of rotatable bonds is 1. The summed E-state index contributed by atoms with van der Waals surface area (Å²) in [4.78, 5) is 20.6. The lowest BCUT2D eigenvalue weighted by atomic mass is 10.3. The van der Waals surface area contributed by atoms with E-state index >= 15 is 0 Å². The first-order chi connectivity index (χ1) is 6.91. The van der Waals surface area contributed by atoms with Crippen LogP contribution in [0.3, 0.4) is 0 Å². The zero-order chi connectivity index (χ0) is 11.6. The summed E-state index contributed by atoms with van der Waals surface area (Å²) < 4.78 is 37.6. The largest absolute Gasteiger partial charge is 0.474 e. The molecule has 0 unspecified atom stereocenters. The second kappa shape index (κ2) is 3.99. The van der Waals surface area contributed by atoms with E-state index in [0.717, 1.165) is 0 Å². The summed E-state index contributed by atoms with van der Waals surface area (Å²) in [5, 5.41) is 9.83. The van der Waals surface area contributed by atoms with Crippen molar-refractivity contribution in [2.45, 2.75) is 0 Å². The Labute approximate surface area is 81.3 Å². The van der Waals surface area contributed by atoms with Crippen LogP contribution in [0.2, 0.25) is 0 Å². The standard InChI is InChI=1S/C8H4F3NO3/c9-4-1-3(2-5(10)6(4)11)12-7(13)8(14)15/h1-2H,(H,12,13)(H,14,15). The van der Waals surface area contributed by atoms with Crippen molar-refractivity contribution in [3.05, 3.63) is 29.6 Å². The monoisotopic (exact) mass is 219 g/mol. The maximum absolute atomic E-state index is 12.6. The Morgan fingerprint density at radius 2 is 1.60 bits per heavy atom. The van der Waals surface area contributed by atoms with Gasteiger partial charge in [-0.1, -0.05) is 0 Å². The molecule has 1 aromatic rings. The molecule has 15 heavy (non-hydrogen) atoms. The molecule has 0 aliphatic rings. The van der Waals surface area contributed by atoms with Crippen LogP contribution >= 0.6 is 0 Å². The minimum absolute atomic E-state index is 0.471. The van der Waals surface area contributed by atoms with E-state index in [-0.39, 0.29) is 0 Å². The highest BCUT2D eigenvalue weighted by Crippen LogP contribution is 2.17. The first kappa shape index (κ1) is 11.0. The van der Waals surface area contributed by atoms with E-state index in [2.05, 4.69) is 0 Å². The first-order valence-corrected chi connectivity index (χ1v) is 3.60. The lowest BCUT2D eigenvalue weighted by Crippen LogP contribution is -2.22. The second-order valence-electron chi connectivity index (χ2n) is 2.51. The number of carboxylic acids is 1. The molecule has 1 amide bonds. The van der Waals surface area contributed by atoms with Crippen molar-refractivity contribution in [2.24, 2.45) is 0 Å². The Balaban J connectivity index is 2.98. The van der Waals surface area contributed by atoms with Gasteiger partial charge in [0.15, 0.2) is 17.5 Å². The summed E-state index contributed by atoms with van der Waals surface area (Å²) in [6.45, 7) is 0. The normalized spacial score (nSPS) is 9.80. The molecular weight excluding hydrogens is 215 g/mol. The molecule has 4 nitrogen and oxygen atoms in total. The van der Waals surface area contributed by atoms with Crippen molar-refractivity contribution in [2.75, 3.05) is 5.32 Å². The fraction of sp³-hybridized carbons (Fsp3) is 0. The lowest BCUT2D eigenvalue weighted by Gasteiger charge is -2.03. The summed E-state index contributed by atoms with van der Waals surface area (Å²) in [6, 6.07) is 0.943. The van der Waals surface area contributed by atoms with Crippen molar-refractivity contribution in [3.63, 3.8) is 0 Å². The molecule has 7 heteroatoms. The number of hydrogen-bond acceptors (Lipinski definition) is 2. The SMILES string of the molecule is O=C(O)C(=O)Nc1cc(F)c(F)c(F)c1. The molecule has 0 spiro atoms. The molecular formula is C8H4F3NO3. The molecule has 1 aromatic carbocycles. The Hall–Kier alpha value is -2.05. The molecule has 0 saturated carbocycles. The molecule has 0 saturated heterocycles. The van der Waals surface area contributed by atoms with Gasteiger partial charge in [-0.15, -0.1) is 0 Å². The topological polar surface area (TPSA) is 66.4 Å². The maximum Gasteiger partial charge on any atom is 0.394 e. The van der Waals surface area contributed by atoms with Gasteiger partial charge >= 0.3 is 11.9 Å². The van der Waals surface area contributed by atoms with Gasteiger partial charge in [0, 0.05) is 17.8 Å². The van der Waals surface area contributed by atoms with E-state index < -0.39 is 35.0 Å². The quantitative estimate of drug-likeness (QED) is 0.549. The summed E-state index contributed by atoms with van der Waals surface area (Å²) in [7, 11) is 0. The van der Waals surface area contributed by atoms with Gasteiger partial charge < -0.3 is 10.4 Å². The van der Waals surface area contributed by atoms with Crippen molar-refractivity contribution >= 4 is 17.6 Å². The fourth-order valence-electron chi connectivity index (χ4n) is 0.812. The number of amides is 1. The van der Waals surface area contributed by atoms with Gasteiger partial charge in [-0.3, -0.25) is 4.79 Å². The van der Waals surface area contributed by atoms with Crippen molar-refractivity contribution in [1.29, 1.82) is 0 Å². The average molecular weight is 219 g/mol. The Kier molecular flexibility index (Phi) is 2.93. The van der Waals surface area contributed by atoms with E-state index in [1.54, 1.807) is 5.32 Å². The highest BCUT2D eigenvalue weighted by atomic mass is 19.2. The van der Waals surface area contributed by atoms with Crippen molar-refractivity contribution < 1.29 is 27.9 Å². The summed E-state index contributed by atoms with van der Waals surface area (Å²) in [5.41, 5.74) is -0.473. The Morgan fingerprint density at radius 1 is 1.13 bits per heavy atom. The van der Waals surface area contributed by atoms with Gasteiger partial charge in [0.25, 0.3) is 0 Å². The third-order valence-electron chi connectivity index (χ3n) is 1.44. The van der Waals surface area contributed by atoms with Crippen molar-refractivity contribution in [3.8, 4) is 0 Å². The number of nitrogens with one attached hydrogen (secondary N) is 1. The van der Waals surface area contributed by atoms with Gasteiger partial charge in [0.05, 0.1) is 0 Å². The van der Waals surface area contributed by atoms with Gasteiger partial charge in [0.2, 0.25) is 0 Å². The van der Waals surface area contributed by atoms with Crippen LogP contribution in [0, 0.1) is 17.5 Å². The van der Waals surface area contributed by atoms with E-state index in [0.29, 0.717) is 12.1 Å². The van der Waals surface area contributed by atoms with Crippen molar-refractivity contribution in [1.82, 2.24) is 0 Å². The molecule has 0 aromatic heterocycles.